The topological polar surface area (TPSA) is 119 Å². The number of amides is 1. The van der Waals surface area contributed by atoms with Crippen LogP contribution in [0.1, 0.15) is 19.3 Å². The van der Waals surface area contributed by atoms with E-state index in [1.165, 1.54) is 0 Å². The molecule has 0 aromatic heterocycles. The van der Waals surface area contributed by atoms with Gasteiger partial charge in [-0.3, -0.25) is 13.3 Å². The van der Waals surface area contributed by atoms with Gasteiger partial charge in [-0.2, -0.15) is 0 Å². The highest BCUT2D eigenvalue weighted by Gasteiger charge is 2.26. The molecular weight excluding hydrogens is 584 g/mol. The fraction of sp³-hybridized carbons (Fsp3) is 0.231. The van der Waals surface area contributed by atoms with Crippen molar-refractivity contribution in [2.45, 2.75) is 25.3 Å². The molecule has 37 heavy (non-hydrogen) atoms. The molecule has 3 aromatic carbocycles. The van der Waals surface area contributed by atoms with Crippen molar-refractivity contribution in [2.75, 3.05) is 17.5 Å². The smallest absolute Gasteiger partial charge is 0.327 e. The van der Waals surface area contributed by atoms with Crippen LogP contribution in [0.25, 0.3) is 11.1 Å². The molecule has 2 N–H and O–H groups in total. The summed E-state index contributed by atoms with van der Waals surface area (Å²) in [6, 6.07) is 19.7. The zero-order chi connectivity index (χ0) is 26.8. The van der Waals surface area contributed by atoms with Gasteiger partial charge >= 0.3 is 5.97 Å². The van der Waals surface area contributed by atoms with E-state index in [1.54, 1.807) is 48.5 Å². The summed E-state index contributed by atoms with van der Waals surface area (Å²) in [7, 11) is 0. The molecule has 0 spiro atoms. The van der Waals surface area contributed by atoms with Gasteiger partial charge in [-0.15, -0.1) is 0 Å². The molecule has 0 aliphatic carbocycles. The third-order valence-electron chi connectivity index (χ3n) is 5.44. The molecule has 0 fully saturated rings. The number of anilines is 1. The van der Waals surface area contributed by atoms with Crippen molar-refractivity contribution in [1.82, 2.24) is 5.32 Å². The summed E-state index contributed by atoms with van der Waals surface area (Å²) in [5.74, 6) is -1.06. The third-order valence-corrected chi connectivity index (χ3v) is 7.01. The van der Waals surface area contributed by atoms with E-state index >= 15 is 0 Å². The molecule has 11 heteroatoms. The first kappa shape index (κ1) is 28.6. The lowest BCUT2D eigenvalue weighted by atomic mass is 10.0. The SMILES string of the molecule is O=C(COc1ccc(Cl)cc1)NCCCCC(C(=O)O)N(c1ccc(-c2ccc(Br)cc2)cc1)S(=O)[O-]. The number of nitrogens with zero attached hydrogens (tertiary/aromatic N) is 1. The molecular formula is C26H25BrClN2O6S-. The monoisotopic (exact) mass is 607 g/mol. The fourth-order valence-corrected chi connectivity index (χ4v) is 4.66. The van der Waals surface area contributed by atoms with Gasteiger partial charge in [-0.05, 0) is 78.9 Å². The average molecular weight is 609 g/mol. The Morgan fingerprint density at radius 3 is 2.16 bits per heavy atom. The molecule has 2 unspecified atom stereocenters. The van der Waals surface area contributed by atoms with Crippen LogP contribution in [0.15, 0.2) is 77.3 Å². The van der Waals surface area contributed by atoms with E-state index in [2.05, 4.69) is 21.2 Å². The minimum Gasteiger partial charge on any atom is -0.755 e. The maximum Gasteiger partial charge on any atom is 0.327 e. The van der Waals surface area contributed by atoms with Crippen LogP contribution in [0.4, 0.5) is 5.69 Å². The van der Waals surface area contributed by atoms with E-state index in [1.807, 2.05) is 24.3 Å². The number of carboxylic acid groups (broad SMARTS) is 1. The lowest BCUT2D eigenvalue weighted by Gasteiger charge is -2.32. The largest absolute Gasteiger partial charge is 0.755 e. The van der Waals surface area contributed by atoms with Crippen molar-refractivity contribution in [3.05, 3.63) is 82.3 Å². The quantitative estimate of drug-likeness (QED) is 0.204. The number of unbranched alkanes of at least 4 members (excludes halogenated alkanes) is 1. The first-order chi connectivity index (χ1) is 17.7. The van der Waals surface area contributed by atoms with Crippen molar-refractivity contribution in [3.63, 3.8) is 0 Å². The Hall–Kier alpha value is -2.92. The van der Waals surface area contributed by atoms with E-state index in [0.717, 1.165) is 19.9 Å². The van der Waals surface area contributed by atoms with Gasteiger partial charge in [0.2, 0.25) is 0 Å². The number of ether oxygens (including phenoxy) is 1. The van der Waals surface area contributed by atoms with E-state index in [4.69, 9.17) is 16.3 Å². The minimum absolute atomic E-state index is 0.0783. The van der Waals surface area contributed by atoms with Crippen LogP contribution in [-0.2, 0) is 20.9 Å². The number of benzene rings is 3. The molecule has 0 aliphatic heterocycles. The van der Waals surface area contributed by atoms with Gasteiger partial charge in [0.1, 0.15) is 11.8 Å². The average Bonchev–Trinajstić information content (AvgIpc) is 2.88. The molecule has 0 saturated carbocycles. The van der Waals surface area contributed by atoms with Crippen LogP contribution in [0.2, 0.25) is 5.02 Å². The van der Waals surface area contributed by atoms with Crippen molar-refractivity contribution in [1.29, 1.82) is 0 Å². The predicted molar refractivity (Wildman–Crippen MR) is 146 cm³/mol. The maximum absolute atomic E-state index is 12.0. The number of rotatable bonds is 13. The van der Waals surface area contributed by atoms with E-state index in [-0.39, 0.29) is 24.6 Å². The van der Waals surface area contributed by atoms with Crippen molar-refractivity contribution < 1.29 is 28.2 Å². The van der Waals surface area contributed by atoms with Gasteiger partial charge < -0.3 is 19.7 Å². The number of hydrogen-bond acceptors (Lipinski definition) is 5. The number of aliphatic carboxylic acids is 1. The van der Waals surface area contributed by atoms with Crippen LogP contribution >= 0.6 is 27.5 Å². The molecule has 0 heterocycles. The van der Waals surface area contributed by atoms with Crippen LogP contribution in [-0.4, -0.2) is 44.9 Å². The zero-order valence-electron chi connectivity index (χ0n) is 19.6. The van der Waals surface area contributed by atoms with Crippen molar-refractivity contribution >= 4 is 56.4 Å². The molecule has 0 aliphatic rings. The first-order valence-electron chi connectivity index (χ1n) is 11.4. The highest BCUT2D eigenvalue weighted by molar-refractivity contribution is 9.10. The van der Waals surface area contributed by atoms with Crippen LogP contribution in [0.3, 0.4) is 0 Å². The summed E-state index contributed by atoms with van der Waals surface area (Å²) < 4.78 is 31.2. The summed E-state index contributed by atoms with van der Waals surface area (Å²) in [6.07, 6.45) is 0.938. The van der Waals surface area contributed by atoms with Crippen LogP contribution < -0.4 is 14.4 Å². The van der Waals surface area contributed by atoms with Crippen LogP contribution in [0.5, 0.6) is 5.75 Å². The first-order valence-corrected chi connectivity index (χ1v) is 13.6. The van der Waals surface area contributed by atoms with Gasteiger partial charge in [0.15, 0.2) is 6.61 Å². The molecule has 0 saturated heterocycles. The van der Waals surface area contributed by atoms with Gasteiger partial charge in [0.25, 0.3) is 5.91 Å². The molecule has 2 atom stereocenters. The lowest BCUT2D eigenvalue weighted by Crippen LogP contribution is -2.42. The van der Waals surface area contributed by atoms with Gasteiger partial charge in [0, 0.05) is 33.0 Å². The number of hydrogen-bond donors (Lipinski definition) is 2. The Kier molecular flexibility index (Phi) is 10.9. The second-order valence-corrected chi connectivity index (χ2v) is 10.2. The summed E-state index contributed by atoms with van der Waals surface area (Å²) in [5, 5.41) is 13.0. The maximum atomic E-state index is 12.0. The lowest BCUT2D eigenvalue weighted by molar-refractivity contribution is -0.138. The zero-order valence-corrected chi connectivity index (χ0v) is 22.8. The fourth-order valence-electron chi connectivity index (χ4n) is 3.58. The normalized spacial score (nSPS) is 12.4. The van der Waals surface area contributed by atoms with E-state index < -0.39 is 23.3 Å². The highest BCUT2D eigenvalue weighted by atomic mass is 79.9. The molecule has 196 valence electrons. The summed E-state index contributed by atoms with van der Waals surface area (Å²) in [5.41, 5.74) is 2.07. The summed E-state index contributed by atoms with van der Waals surface area (Å²) in [4.78, 5) is 23.9. The number of nitrogens with one attached hydrogen (secondary N) is 1. The van der Waals surface area contributed by atoms with Gasteiger partial charge in [-0.1, -0.05) is 51.8 Å². The molecule has 3 rings (SSSR count). The van der Waals surface area contributed by atoms with E-state index in [0.29, 0.717) is 30.2 Å². The highest BCUT2D eigenvalue weighted by Crippen LogP contribution is 2.27. The molecule has 8 nitrogen and oxygen atoms in total. The standard InChI is InChI=1S/C26H26BrClN2O6S/c27-20-8-4-18(5-9-20)19-6-12-22(13-7-19)30(37(34)35)24(26(32)33)3-1-2-16-29-25(31)17-36-23-14-10-21(28)11-15-23/h4-15,24H,1-3,16-17H2,(H,29,31)(H,32,33)(H,34,35)/p-1. The van der Waals surface area contributed by atoms with Crippen molar-refractivity contribution in [3.8, 4) is 16.9 Å². The van der Waals surface area contributed by atoms with Gasteiger partial charge in [-0.25, -0.2) is 4.79 Å². The van der Waals surface area contributed by atoms with Crippen LogP contribution in [0, 0.1) is 0 Å². The Balaban J connectivity index is 1.51. The number of halogens is 2. The second kappa shape index (κ2) is 14.1. The third kappa shape index (κ3) is 8.85. The number of carboxylic acids is 1. The van der Waals surface area contributed by atoms with Crippen molar-refractivity contribution in [2.24, 2.45) is 0 Å². The van der Waals surface area contributed by atoms with E-state index in [9.17, 15) is 23.5 Å². The Morgan fingerprint density at radius 1 is 1.00 bits per heavy atom. The predicted octanol–water partition coefficient (Wildman–Crippen LogP) is 5.19. The summed E-state index contributed by atoms with van der Waals surface area (Å²) in [6.45, 7) is 0.135. The Labute approximate surface area is 231 Å². The number of carbonyl (C=O) groups excluding carboxylic acids is 1. The molecule has 1 amide bonds. The number of carbonyl (C=O) groups is 2. The van der Waals surface area contributed by atoms with Gasteiger partial charge in [0.05, 0.1) is 0 Å². The minimum atomic E-state index is -2.79. The Morgan fingerprint density at radius 2 is 1.59 bits per heavy atom. The molecule has 0 radical (unpaired) electrons. The molecule has 3 aromatic rings. The second-order valence-electron chi connectivity index (χ2n) is 8.04. The Bertz CT molecular complexity index is 1210. The molecule has 0 bridgehead atoms. The summed E-state index contributed by atoms with van der Waals surface area (Å²) >= 11 is 6.40.